The van der Waals surface area contributed by atoms with Gasteiger partial charge in [0.05, 0.1) is 6.54 Å². The van der Waals surface area contributed by atoms with Gasteiger partial charge in [0.1, 0.15) is 13.2 Å². The van der Waals surface area contributed by atoms with Crippen molar-refractivity contribution in [2.75, 3.05) is 20.3 Å². The first-order valence-electron chi connectivity index (χ1n) is 5.07. The van der Waals surface area contributed by atoms with Gasteiger partial charge in [-0.1, -0.05) is 0 Å². The van der Waals surface area contributed by atoms with E-state index in [1.807, 2.05) is 18.4 Å². The van der Waals surface area contributed by atoms with E-state index in [2.05, 4.69) is 0 Å². The molecule has 0 aliphatic carbocycles. The Bertz CT molecular complexity index is 402. The van der Waals surface area contributed by atoms with Gasteiger partial charge in [0.15, 0.2) is 0 Å². The lowest BCUT2D eigenvalue weighted by molar-refractivity contribution is -0.145. The van der Waals surface area contributed by atoms with Gasteiger partial charge in [0.25, 0.3) is 0 Å². The van der Waals surface area contributed by atoms with Crippen molar-refractivity contribution in [1.29, 1.82) is 0 Å². The Morgan fingerprint density at radius 2 is 2.18 bits per heavy atom. The lowest BCUT2D eigenvalue weighted by Crippen LogP contribution is -2.30. The van der Waals surface area contributed by atoms with E-state index in [0.29, 0.717) is 6.54 Å². The molecule has 0 unspecified atom stereocenters. The predicted molar refractivity (Wildman–Crippen MR) is 64.0 cm³/mol. The smallest absolute Gasteiger partial charge is 0.329 e. The second-order valence-electron chi connectivity index (χ2n) is 3.66. The molecule has 5 nitrogen and oxygen atoms in total. The summed E-state index contributed by atoms with van der Waals surface area (Å²) in [6.45, 7) is 1.87. The number of ether oxygens (including phenoxy) is 1. The number of aryl methyl sites for hydroxylation is 1. The highest BCUT2D eigenvalue weighted by atomic mass is 32.1. The molecule has 0 bridgehead atoms. The van der Waals surface area contributed by atoms with E-state index in [1.54, 1.807) is 18.4 Å². The van der Waals surface area contributed by atoms with Crippen molar-refractivity contribution < 1.29 is 19.4 Å². The highest BCUT2D eigenvalue weighted by molar-refractivity contribution is 7.10. The average molecular weight is 257 g/mol. The molecular weight excluding hydrogens is 242 g/mol. The van der Waals surface area contributed by atoms with Crippen LogP contribution in [0.4, 0.5) is 0 Å². The summed E-state index contributed by atoms with van der Waals surface area (Å²) in [5.74, 6) is -1.30. The minimum Gasteiger partial charge on any atom is -0.480 e. The van der Waals surface area contributed by atoms with Gasteiger partial charge in [-0.05, 0) is 23.9 Å². The summed E-state index contributed by atoms with van der Waals surface area (Å²) in [7, 11) is 1.67. The van der Waals surface area contributed by atoms with Crippen LogP contribution in [0.25, 0.3) is 0 Å². The van der Waals surface area contributed by atoms with Crippen LogP contribution in [-0.4, -0.2) is 42.1 Å². The minimum absolute atomic E-state index is 0.201. The topological polar surface area (TPSA) is 66.8 Å². The molecule has 0 spiro atoms. The number of rotatable bonds is 6. The number of thiophene rings is 1. The van der Waals surface area contributed by atoms with E-state index in [-0.39, 0.29) is 12.5 Å². The van der Waals surface area contributed by atoms with Gasteiger partial charge in [0, 0.05) is 11.9 Å². The first kappa shape index (κ1) is 13.7. The van der Waals surface area contributed by atoms with Gasteiger partial charge in [-0.2, -0.15) is 0 Å². The number of likely N-dealkylation sites (N-methyl/N-ethyl adjacent to an activating group) is 1. The standard InChI is InChI=1S/C11H15NO4S/c1-8-3-4-17-9(8)5-12(2)10(13)6-16-7-11(14)15/h3-4H,5-7H2,1-2H3,(H,14,15). The molecule has 0 aliphatic rings. The zero-order valence-corrected chi connectivity index (χ0v) is 10.6. The van der Waals surface area contributed by atoms with Crippen LogP contribution >= 0.6 is 11.3 Å². The van der Waals surface area contributed by atoms with Crippen LogP contribution in [0.5, 0.6) is 0 Å². The normalized spacial score (nSPS) is 10.2. The average Bonchev–Trinajstić information content (AvgIpc) is 2.63. The van der Waals surface area contributed by atoms with Crippen molar-refractivity contribution in [3.05, 3.63) is 21.9 Å². The van der Waals surface area contributed by atoms with Crippen molar-refractivity contribution in [1.82, 2.24) is 4.90 Å². The highest BCUT2D eigenvalue weighted by Gasteiger charge is 2.12. The molecule has 0 saturated carbocycles. The summed E-state index contributed by atoms with van der Waals surface area (Å²) in [6, 6.07) is 2.00. The monoisotopic (exact) mass is 257 g/mol. The van der Waals surface area contributed by atoms with Crippen molar-refractivity contribution >= 4 is 23.2 Å². The van der Waals surface area contributed by atoms with E-state index in [4.69, 9.17) is 9.84 Å². The molecule has 94 valence electrons. The summed E-state index contributed by atoms with van der Waals surface area (Å²) in [5.41, 5.74) is 1.15. The number of carboxylic acid groups (broad SMARTS) is 1. The Kier molecular flexibility index (Phi) is 5.11. The second kappa shape index (κ2) is 6.36. The first-order chi connectivity index (χ1) is 8.00. The molecule has 1 aromatic heterocycles. The van der Waals surface area contributed by atoms with Crippen LogP contribution in [0.15, 0.2) is 11.4 Å². The molecule has 6 heteroatoms. The molecule has 1 aromatic rings. The van der Waals surface area contributed by atoms with Crippen LogP contribution < -0.4 is 0 Å². The maximum atomic E-state index is 11.6. The summed E-state index contributed by atoms with van der Waals surface area (Å²) >= 11 is 1.60. The third-order valence-electron chi connectivity index (χ3n) is 2.23. The van der Waals surface area contributed by atoms with Gasteiger partial charge in [-0.25, -0.2) is 4.79 Å². The van der Waals surface area contributed by atoms with Crippen LogP contribution in [0.2, 0.25) is 0 Å². The Morgan fingerprint density at radius 3 is 2.71 bits per heavy atom. The van der Waals surface area contributed by atoms with E-state index < -0.39 is 12.6 Å². The number of carbonyl (C=O) groups excluding carboxylic acids is 1. The maximum absolute atomic E-state index is 11.6. The summed E-state index contributed by atoms with van der Waals surface area (Å²) in [5, 5.41) is 10.3. The van der Waals surface area contributed by atoms with Gasteiger partial charge in [-0.15, -0.1) is 11.3 Å². The molecule has 0 saturated heterocycles. The molecule has 1 rings (SSSR count). The highest BCUT2D eigenvalue weighted by Crippen LogP contribution is 2.17. The Hall–Kier alpha value is -1.40. The lowest BCUT2D eigenvalue weighted by atomic mass is 10.3. The third-order valence-corrected chi connectivity index (χ3v) is 3.23. The van der Waals surface area contributed by atoms with Crippen molar-refractivity contribution in [2.24, 2.45) is 0 Å². The van der Waals surface area contributed by atoms with Crippen LogP contribution in [-0.2, 0) is 20.9 Å². The van der Waals surface area contributed by atoms with E-state index in [0.717, 1.165) is 10.4 Å². The Morgan fingerprint density at radius 1 is 1.47 bits per heavy atom. The van der Waals surface area contributed by atoms with Crippen molar-refractivity contribution in [3.63, 3.8) is 0 Å². The molecular formula is C11H15NO4S. The van der Waals surface area contributed by atoms with Crippen molar-refractivity contribution in [3.8, 4) is 0 Å². The minimum atomic E-state index is -1.07. The SMILES string of the molecule is Cc1ccsc1CN(C)C(=O)COCC(=O)O. The quantitative estimate of drug-likeness (QED) is 0.829. The fourth-order valence-electron chi connectivity index (χ4n) is 1.21. The van der Waals surface area contributed by atoms with E-state index >= 15 is 0 Å². The maximum Gasteiger partial charge on any atom is 0.329 e. The predicted octanol–water partition coefficient (Wildman–Crippen LogP) is 1.12. The molecule has 17 heavy (non-hydrogen) atoms. The van der Waals surface area contributed by atoms with Crippen LogP contribution in [0.3, 0.4) is 0 Å². The molecule has 0 aliphatic heterocycles. The zero-order chi connectivity index (χ0) is 12.8. The summed E-state index contributed by atoms with van der Waals surface area (Å²) in [4.78, 5) is 24.4. The van der Waals surface area contributed by atoms with Crippen LogP contribution in [0, 0.1) is 6.92 Å². The fraction of sp³-hybridized carbons (Fsp3) is 0.455. The first-order valence-corrected chi connectivity index (χ1v) is 5.95. The van der Waals surface area contributed by atoms with Gasteiger partial charge in [0.2, 0.25) is 5.91 Å². The Balaban J connectivity index is 2.37. The largest absolute Gasteiger partial charge is 0.480 e. The molecule has 1 amide bonds. The molecule has 0 atom stereocenters. The number of aliphatic carboxylic acids is 1. The number of hydrogen-bond donors (Lipinski definition) is 1. The Labute approximate surface area is 104 Å². The van der Waals surface area contributed by atoms with Crippen molar-refractivity contribution in [2.45, 2.75) is 13.5 Å². The number of hydrogen-bond acceptors (Lipinski definition) is 4. The molecule has 0 fully saturated rings. The number of carboxylic acids is 1. The van der Waals surface area contributed by atoms with Gasteiger partial charge >= 0.3 is 5.97 Å². The lowest BCUT2D eigenvalue weighted by Gasteiger charge is -2.16. The summed E-state index contributed by atoms with van der Waals surface area (Å²) < 4.78 is 4.74. The van der Waals surface area contributed by atoms with Gasteiger partial charge < -0.3 is 14.7 Å². The molecule has 1 heterocycles. The summed E-state index contributed by atoms with van der Waals surface area (Å²) in [6.07, 6.45) is 0. The van der Waals surface area contributed by atoms with E-state index in [1.165, 1.54) is 4.90 Å². The van der Waals surface area contributed by atoms with Gasteiger partial charge in [-0.3, -0.25) is 4.79 Å². The zero-order valence-electron chi connectivity index (χ0n) is 9.80. The fourth-order valence-corrected chi connectivity index (χ4v) is 2.16. The molecule has 1 N–H and O–H groups in total. The number of amides is 1. The molecule has 0 radical (unpaired) electrons. The van der Waals surface area contributed by atoms with Crippen LogP contribution in [0.1, 0.15) is 10.4 Å². The number of nitrogens with zero attached hydrogens (tertiary/aromatic N) is 1. The second-order valence-corrected chi connectivity index (χ2v) is 4.66. The third kappa shape index (κ3) is 4.54. The number of carbonyl (C=O) groups is 2. The molecule has 0 aromatic carbocycles. The van der Waals surface area contributed by atoms with E-state index in [9.17, 15) is 9.59 Å².